The predicted octanol–water partition coefficient (Wildman–Crippen LogP) is 2.34. The first kappa shape index (κ1) is 16.4. The van der Waals surface area contributed by atoms with Crippen molar-refractivity contribution in [3.63, 3.8) is 0 Å². The van der Waals surface area contributed by atoms with Crippen molar-refractivity contribution in [3.05, 3.63) is 22.5 Å². The van der Waals surface area contributed by atoms with E-state index in [1.54, 1.807) is 17.5 Å². The molecule has 0 unspecified atom stereocenters. The number of hydrogen-bond acceptors (Lipinski definition) is 5. The summed E-state index contributed by atoms with van der Waals surface area (Å²) in [6, 6.07) is 0. The van der Waals surface area contributed by atoms with Crippen LogP contribution in [0.4, 0.5) is 0 Å². The number of carbonyl (C=O) groups excluding carboxylic acids is 1. The highest BCUT2D eigenvalue weighted by atomic mass is 32.2. The number of carbonyl (C=O) groups is 1. The molecular formula is C15H21N3O3S2. The van der Waals surface area contributed by atoms with Gasteiger partial charge in [-0.3, -0.25) is 9.20 Å². The van der Waals surface area contributed by atoms with Crippen molar-refractivity contribution in [3.8, 4) is 0 Å². The highest BCUT2D eigenvalue weighted by Gasteiger charge is 2.40. The molecular weight excluding hydrogens is 334 g/mol. The minimum absolute atomic E-state index is 0.0671. The fourth-order valence-corrected chi connectivity index (χ4v) is 5.37. The fourth-order valence-electron chi connectivity index (χ4n) is 3.70. The average molecular weight is 355 g/mol. The molecule has 23 heavy (non-hydrogen) atoms. The van der Waals surface area contributed by atoms with E-state index in [1.807, 2.05) is 9.12 Å². The lowest BCUT2D eigenvalue weighted by atomic mass is 9.67. The lowest BCUT2D eigenvalue weighted by molar-refractivity contribution is 0.0977. The molecule has 1 aliphatic rings. The van der Waals surface area contributed by atoms with Crippen LogP contribution in [0.2, 0.25) is 0 Å². The van der Waals surface area contributed by atoms with Gasteiger partial charge in [0.1, 0.15) is 5.69 Å². The quantitative estimate of drug-likeness (QED) is 0.896. The first-order valence-corrected chi connectivity index (χ1v) is 10.1. The molecule has 2 aromatic rings. The molecule has 1 amide bonds. The summed E-state index contributed by atoms with van der Waals surface area (Å²) < 4.78 is 26.3. The summed E-state index contributed by atoms with van der Waals surface area (Å²) in [4.78, 5) is 18.3. The lowest BCUT2D eigenvalue weighted by Crippen LogP contribution is -2.34. The van der Waals surface area contributed by atoms with Gasteiger partial charge in [0.25, 0.3) is 5.91 Å². The summed E-state index contributed by atoms with van der Waals surface area (Å²) in [5.74, 6) is -0.688. The van der Waals surface area contributed by atoms with Gasteiger partial charge in [-0.25, -0.2) is 18.1 Å². The summed E-state index contributed by atoms with van der Waals surface area (Å²) >= 11 is 1.59. The number of amides is 1. The van der Waals surface area contributed by atoms with E-state index in [0.717, 1.165) is 24.1 Å². The van der Waals surface area contributed by atoms with Crippen LogP contribution in [0.3, 0.4) is 0 Å². The third-order valence-electron chi connectivity index (χ3n) is 4.11. The van der Waals surface area contributed by atoms with Gasteiger partial charge < -0.3 is 0 Å². The van der Waals surface area contributed by atoms with Gasteiger partial charge in [-0.1, -0.05) is 27.7 Å². The van der Waals surface area contributed by atoms with Gasteiger partial charge >= 0.3 is 0 Å². The Bertz CT molecular complexity index is 904. The van der Waals surface area contributed by atoms with Crippen LogP contribution in [-0.2, 0) is 21.9 Å². The van der Waals surface area contributed by atoms with Gasteiger partial charge in [-0.05, 0) is 18.3 Å². The van der Waals surface area contributed by atoms with Crippen LogP contribution in [0.1, 0.15) is 55.2 Å². The van der Waals surface area contributed by atoms with E-state index in [4.69, 9.17) is 0 Å². The van der Waals surface area contributed by atoms with Crippen molar-refractivity contribution >= 4 is 32.2 Å². The summed E-state index contributed by atoms with van der Waals surface area (Å²) in [6.07, 6.45) is 4.60. The minimum atomic E-state index is -3.59. The summed E-state index contributed by atoms with van der Waals surface area (Å²) in [7, 11) is -3.59. The Kier molecular flexibility index (Phi) is 3.43. The molecule has 2 heterocycles. The van der Waals surface area contributed by atoms with Crippen molar-refractivity contribution in [1.82, 2.24) is 14.1 Å². The van der Waals surface area contributed by atoms with Crippen molar-refractivity contribution in [2.75, 3.05) is 6.26 Å². The van der Waals surface area contributed by atoms with E-state index in [2.05, 4.69) is 32.7 Å². The average Bonchev–Trinajstić information content (AvgIpc) is 2.84. The van der Waals surface area contributed by atoms with Gasteiger partial charge in [-0.15, -0.1) is 11.3 Å². The summed E-state index contributed by atoms with van der Waals surface area (Å²) in [6.45, 7) is 8.96. The maximum atomic E-state index is 12.0. The van der Waals surface area contributed by atoms with Crippen LogP contribution in [0.5, 0.6) is 0 Å². The van der Waals surface area contributed by atoms with Crippen molar-refractivity contribution in [1.29, 1.82) is 0 Å². The van der Waals surface area contributed by atoms with Crippen LogP contribution in [0.25, 0.3) is 4.96 Å². The molecule has 0 saturated heterocycles. The highest BCUT2D eigenvalue weighted by Crippen LogP contribution is 2.48. The van der Waals surface area contributed by atoms with Gasteiger partial charge in [0.05, 0.1) is 6.26 Å². The lowest BCUT2D eigenvalue weighted by Gasteiger charge is -2.40. The molecule has 6 nitrogen and oxygen atoms in total. The topological polar surface area (TPSA) is 80.5 Å². The molecule has 1 N–H and O–H groups in total. The Morgan fingerprint density at radius 2 is 2.00 bits per heavy atom. The third kappa shape index (κ3) is 3.01. The standard InChI is InChI=1S/C15H21N3O3S2/c1-14(2)6-10-11(15(3,4)8-14)22-13-16-9(7-18(10)13)12(19)17-23(5,20)21/h7H,6,8H2,1-5H3,(H,17,19). The maximum Gasteiger partial charge on any atom is 0.284 e. The van der Waals surface area contributed by atoms with Crippen molar-refractivity contribution in [2.24, 2.45) is 5.41 Å². The first-order valence-electron chi connectivity index (χ1n) is 7.41. The number of rotatable bonds is 2. The van der Waals surface area contributed by atoms with Crippen LogP contribution in [0, 0.1) is 5.41 Å². The van der Waals surface area contributed by atoms with Crippen molar-refractivity contribution in [2.45, 2.75) is 46.0 Å². The number of sulfonamides is 1. The number of thiazole rings is 1. The Morgan fingerprint density at radius 3 is 2.61 bits per heavy atom. The molecule has 2 aromatic heterocycles. The Morgan fingerprint density at radius 1 is 1.35 bits per heavy atom. The second kappa shape index (κ2) is 4.80. The molecule has 1 aliphatic carbocycles. The molecule has 0 fully saturated rings. The van der Waals surface area contributed by atoms with Crippen LogP contribution < -0.4 is 4.72 Å². The molecule has 0 saturated carbocycles. The van der Waals surface area contributed by atoms with Crippen LogP contribution in [-0.4, -0.2) is 30.0 Å². The number of nitrogens with one attached hydrogen (secondary N) is 1. The monoisotopic (exact) mass is 355 g/mol. The number of fused-ring (bicyclic) bond motifs is 3. The summed E-state index contributed by atoms with van der Waals surface area (Å²) in [5.41, 5.74) is 1.55. The molecule has 3 rings (SSSR count). The third-order valence-corrected chi connectivity index (χ3v) is 6.13. The van der Waals surface area contributed by atoms with Gasteiger partial charge in [0.2, 0.25) is 10.0 Å². The van der Waals surface area contributed by atoms with E-state index in [0.29, 0.717) is 0 Å². The largest absolute Gasteiger partial charge is 0.294 e. The number of hydrogen-bond donors (Lipinski definition) is 1. The highest BCUT2D eigenvalue weighted by molar-refractivity contribution is 7.89. The van der Waals surface area contributed by atoms with Crippen LogP contribution >= 0.6 is 11.3 Å². The number of aromatic nitrogens is 2. The predicted molar refractivity (Wildman–Crippen MR) is 90.5 cm³/mol. The molecule has 0 spiro atoms. The van der Waals surface area contributed by atoms with Gasteiger partial charge in [0.15, 0.2) is 4.96 Å². The second-order valence-electron chi connectivity index (χ2n) is 7.76. The Labute approximate surface area is 140 Å². The van der Waals surface area contributed by atoms with E-state index in [1.165, 1.54) is 10.6 Å². The molecule has 0 radical (unpaired) electrons. The Hall–Kier alpha value is -1.41. The zero-order chi connectivity index (χ0) is 17.2. The SMILES string of the molecule is CC1(C)Cc2c(sc3nc(C(=O)NS(C)(=O)=O)cn23)C(C)(C)C1. The zero-order valence-corrected chi connectivity index (χ0v) is 15.6. The minimum Gasteiger partial charge on any atom is -0.294 e. The molecule has 0 aliphatic heterocycles. The number of nitrogens with zero attached hydrogens (tertiary/aromatic N) is 2. The summed E-state index contributed by atoms with van der Waals surface area (Å²) in [5, 5.41) is 0. The van der Waals surface area contributed by atoms with Gasteiger partial charge in [-0.2, -0.15) is 0 Å². The fraction of sp³-hybridized carbons (Fsp3) is 0.600. The maximum absolute atomic E-state index is 12.0. The normalized spacial score (nSPS) is 19.5. The van der Waals surface area contributed by atoms with E-state index >= 15 is 0 Å². The molecule has 0 atom stereocenters. The molecule has 8 heteroatoms. The first-order chi connectivity index (χ1) is 10.4. The molecule has 126 valence electrons. The second-order valence-corrected chi connectivity index (χ2v) is 10.5. The molecule has 0 aromatic carbocycles. The van der Waals surface area contributed by atoms with Crippen molar-refractivity contribution < 1.29 is 13.2 Å². The Balaban J connectivity index is 2.08. The number of imidazole rings is 1. The van der Waals surface area contributed by atoms with Crippen LogP contribution in [0.15, 0.2) is 6.20 Å². The van der Waals surface area contributed by atoms with Gasteiger partial charge in [0, 0.05) is 22.2 Å². The zero-order valence-electron chi connectivity index (χ0n) is 13.9. The van der Waals surface area contributed by atoms with E-state index in [-0.39, 0.29) is 16.5 Å². The van der Waals surface area contributed by atoms with E-state index in [9.17, 15) is 13.2 Å². The molecule has 0 bridgehead atoms. The van der Waals surface area contributed by atoms with E-state index < -0.39 is 15.9 Å². The smallest absolute Gasteiger partial charge is 0.284 e.